The van der Waals surface area contributed by atoms with Gasteiger partial charge in [-0.25, -0.2) is 4.39 Å². The summed E-state index contributed by atoms with van der Waals surface area (Å²) in [6.45, 7) is 4.33. The average molecular weight is 507 g/mol. The summed E-state index contributed by atoms with van der Waals surface area (Å²) in [5.41, 5.74) is 11.2. The van der Waals surface area contributed by atoms with Crippen LogP contribution in [0.4, 0.5) is 4.39 Å². The zero-order chi connectivity index (χ0) is 25.6. The lowest BCUT2D eigenvalue weighted by Crippen LogP contribution is -2.57. The minimum Gasteiger partial charge on any atom is -0.481 e. The standard InChI is InChI=1S/C29H31FN2O3S/c1-16-25(9-18-3-5-20(6-4-18)21-7-19(15-31)8-23(30)10-21)26(17(2)36-16)27(33)32-24-13-29(14-24)11-22(12-29)28(34)35/h3-8,10,22,24H,9,11-15,31H2,1-2H3,(H,32,33)(H,34,35). The molecule has 3 aromatic rings. The predicted molar refractivity (Wildman–Crippen MR) is 140 cm³/mol. The third-order valence-electron chi connectivity index (χ3n) is 7.88. The van der Waals surface area contributed by atoms with E-state index in [0.717, 1.165) is 68.8 Å². The molecule has 5 nitrogen and oxygen atoms in total. The second kappa shape index (κ2) is 9.45. The van der Waals surface area contributed by atoms with Gasteiger partial charge in [-0.1, -0.05) is 24.3 Å². The van der Waals surface area contributed by atoms with Crippen molar-refractivity contribution in [2.45, 2.75) is 58.5 Å². The number of hydrogen-bond acceptors (Lipinski definition) is 4. The van der Waals surface area contributed by atoms with Crippen LogP contribution in [0.3, 0.4) is 0 Å². The Kier molecular flexibility index (Phi) is 6.47. The molecule has 2 aliphatic carbocycles. The molecule has 2 fully saturated rings. The molecule has 0 saturated heterocycles. The van der Waals surface area contributed by atoms with Gasteiger partial charge in [0.05, 0.1) is 11.5 Å². The van der Waals surface area contributed by atoms with Crippen LogP contribution in [0.1, 0.15) is 62.5 Å². The molecule has 1 amide bonds. The summed E-state index contributed by atoms with van der Waals surface area (Å²) in [6, 6.07) is 13.0. The van der Waals surface area contributed by atoms with Gasteiger partial charge in [-0.2, -0.15) is 0 Å². The van der Waals surface area contributed by atoms with Crippen molar-refractivity contribution in [3.05, 3.63) is 80.3 Å². The second-order valence-corrected chi connectivity index (χ2v) is 11.9. The first-order valence-electron chi connectivity index (χ1n) is 12.4. The molecule has 7 heteroatoms. The maximum atomic E-state index is 14.0. The number of amides is 1. The topological polar surface area (TPSA) is 92.4 Å². The fourth-order valence-electron chi connectivity index (χ4n) is 6.03. The maximum Gasteiger partial charge on any atom is 0.306 e. The number of carbonyl (C=O) groups excluding carboxylic acids is 1. The Balaban J connectivity index is 1.27. The number of rotatable bonds is 7. The van der Waals surface area contributed by atoms with Gasteiger partial charge < -0.3 is 16.2 Å². The second-order valence-electron chi connectivity index (χ2n) is 10.5. The Bertz CT molecular complexity index is 1320. The quantitative estimate of drug-likeness (QED) is 0.389. The third kappa shape index (κ3) is 4.70. The highest BCUT2D eigenvalue weighted by Crippen LogP contribution is 2.58. The summed E-state index contributed by atoms with van der Waals surface area (Å²) >= 11 is 1.64. The van der Waals surface area contributed by atoms with Crippen LogP contribution in [-0.2, 0) is 17.8 Å². The normalized spacial score (nSPS) is 22.7. The highest BCUT2D eigenvalue weighted by molar-refractivity contribution is 7.12. The number of thiophene rings is 1. The minimum absolute atomic E-state index is 0.0356. The molecule has 36 heavy (non-hydrogen) atoms. The first-order valence-corrected chi connectivity index (χ1v) is 13.2. The summed E-state index contributed by atoms with van der Waals surface area (Å²) in [7, 11) is 0. The largest absolute Gasteiger partial charge is 0.481 e. The molecule has 0 unspecified atom stereocenters. The maximum absolute atomic E-state index is 14.0. The smallest absolute Gasteiger partial charge is 0.306 e. The van der Waals surface area contributed by atoms with Crippen molar-refractivity contribution in [2.75, 3.05) is 0 Å². The molecular formula is C29H31FN2O3S. The van der Waals surface area contributed by atoms with Crippen molar-refractivity contribution in [2.24, 2.45) is 17.1 Å². The number of benzene rings is 2. The van der Waals surface area contributed by atoms with E-state index in [0.29, 0.717) is 6.42 Å². The highest BCUT2D eigenvalue weighted by Gasteiger charge is 2.55. The van der Waals surface area contributed by atoms with E-state index in [2.05, 4.69) is 12.2 Å². The molecule has 0 aliphatic heterocycles. The molecule has 4 N–H and O–H groups in total. The van der Waals surface area contributed by atoms with Crippen LogP contribution in [0.25, 0.3) is 11.1 Å². The van der Waals surface area contributed by atoms with Crippen LogP contribution in [0, 0.1) is 31.0 Å². The van der Waals surface area contributed by atoms with Gasteiger partial charge in [-0.05, 0) is 97.4 Å². The van der Waals surface area contributed by atoms with Crippen LogP contribution < -0.4 is 11.1 Å². The van der Waals surface area contributed by atoms with Crippen molar-refractivity contribution < 1.29 is 19.1 Å². The minimum atomic E-state index is -0.702. The number of nitrogens with two attached hydrogens (primary N) is 1. The predicted octanol–water partition coefficient (Wildman–Crippen LogP) is 5.59. The van der Waals surface area contributed by atoms with Gasteiger partial charge in [0, 0.05) is 22.3 Å². The Morgan fingerprint density at radius 1 is 1.03 bits per heavy atom. The number of aliphatic carboxylic acids is 1. The first kappa shape index (κ1) is 24.7. The molecule has 0 radical (unpaired) electrons. The Morgan fingerprint density at radius 2 is 1.72 bits per heavy atom. The van der Waals surface area contributed by atoms with E-state index in [1.807, 2.05) is 37.3 Å². The van der Waals surface area contributed by atoms with Crippen LogP contribution in [0.15, 0.2) is 42.5 Å². The van der Waals surface area contributed by atoms with Crippen LogP contribution in [0.5, 0.6) is 0 Å². The van der Waals surface area contributed by atoms with Gasteiger partial charge in [0.2, 0.25) is 0 Å². The summed E-state index contributed by atoms with van der Waals surface area (Å²) in [5.74, 6) is -1.25. The number of aryl methyl sites for hydroxylation is 2. The van der Waals surface area contributed by atoms with Crippen molar-refractivity contribution in [3.8, 4) is 11.1 Å². The number of carbonyl (C=O) groups is 2. The molecular weight excluding hydrogens is 475 g/mol. The molecule has 1 aromatic heterocycles. The zero-order valence-corrected chi connectivity index (χ0v) is 21.4. The lowest BCUT2D eigenvalue weighted by atomic mass is 9.50. The SMILES string of the molecule is Cc1sc(C)c(C(=O)NC2CC3(C2)CC(C(=O)O)C3)c1Cc1ccc(-c2cc(F)cc(CN)c2)cc1. The number of nitrogens with one attached hydrogen (secondary N) is 1. The van der Waals surface area contributed by atoms with Crippen molar-refractivity contribution >= 4 is 23.2 Å². The lowest BCUT2D eigenvalue weighted by Gasteiger charge is -2.56. The Morgan fingerprint density at radius 3 is 2.36 bits per heavy atom. The van der Waals surface area contributed by atoms with Gasteiger partial charge in [0.25, 0.3) is 5.91 Å². The molecule has 2 aromatic carbocycles. The number of carboxylic acid groups (broad SMARTS) is 1. The van der Waals surface area contributed by atoms with Gasteiger partial charge in [0.1, 0.15) is 5.82 Å². The van der Waals surface area contributed by atoms with E-state index >= 15 is 0 Å². The fourth-order valence-corrected chi connectivity index (χ4v) is 7.11. The summed E-state index contributed by atoms with van der Waals surface area (Å²) in [6.07, 6.45) is 3.84. The number of carboxylic acids is 1. The van der Waals surface area contributed by atoms with E-state index in [1.54, 1.807) is 11.3 Å². The molecule has 2 saturated carbocycles. The fraction of sp³-hybridized carbons (Fsp3) is 0.379. The lowest BCUT2D eigenvalue weighted by molar-refractivity contribution is -0.155. The Labute approximate surface area is 214 Å². The van der Waals surface area contributed by atoms with Crippen molar-refractivity contribution in [3.63, 3.8) is 0 Å². The number of hydrogen-bond donors (Lipinski definition) is 3. The van der Waals surface area contributed by atoms with E-state index in [-0.39, 0.29) is 35.6 Å². The summed E-state index contributed by atoms with van der Waals surface area (Å²) in [5, 5.41) is 12.3. The third-order valence-corrected chi connectivity index (χ3v) is 8.94. The van der Waals surface area contributed by atoms with E-state index in [9.17, 15) is 14.0 Å². The molecule has 5 rings (SSSR count). The molecule has 1 spiro atoms. The summed E-state index contributed by atoms with van der Waals surface area (Å²) in [4.78, 5) is 26.5. The molecule has 0 atom stereocenters. The van der Waals surface area contributed by atoms with E-state index < -0.39 is 5.97 Å². The zero-order valence-electron chi connectivity index (χ0n) is 20.6. The van der Waals surface area contributed by atoms with Gasteiger partial charge >= 0.3 is 5.97 Å². The molecule has 188 valence electrons. The van der Waals surface area contributed by atoms with Gasteiger partial charge in [-0.15, -0.1) is 11.3 Å². The molecule has 2 aliphatic rings. The first-order chi connectivity index (χ1) is 17.2. The van der Waals surface area contributed by atoms with E-state index in [1.165, 1.54) is 12.1 Å². The van der Waals surface area contributed by atoms with Crippen LogP contribution >= 0.6 is 11.3 Å². The van der Waals surface area contributed by atoms with Crippen LogP contribution in [0.2, 0.25) is 0 Å². The summed E-state index contributed by atoms with van der Waals surface area (Å²) < 4.78 is 14.0. The van der Waals surface area contributed by atoms with Crippen LogP contribution in [-0.4, -0.2) is 23.0 Å². The average Bonchev–Trinajstić information content (AvgIpc) is 3.06. The Hall–Kier alpha value is -3.03. The number of halogens is 1. The van der Waals surface area contributed by atoms with Crippen molar-refractivity contribution in [1.82, 2.24) is 5.32 Å². The molecule has 0 bridgehead atoms. The van der Waals surface area contributed by atoms with Crippen molar-refractivity contribution in [1.29, 1.82) is 0 Å². The van der Waals surface area contributed by atoms with Gasteiger partial charge in [0.15, 0.2) is 0 Å². The van der Waals surface area contributed by atoms with E-state index in [4.69, 9.17) is 10.8 Å². The van der Waals surface area contributed by atoms with Gasteiger partial charge in [-0.3, -0.25) is 9.59 Å². The highest BCUT2D eigenvalue weighted by atomic mass is 32.1. The monoisotopic (exact) mass is 506 g/mol. The molecule has 1 heterocycles.